The normalized spacial score (nSPS) is 22.3. The summed E-state index contributed by atoms with van der Waals surface area (Å²) in [5.41, 5.74) is 8.61. The zero-order valence-corrected chi connectivity index (χ0v) is 15.2. The summed E-state index contributed by atoms with van der Waals surface area (Å²) in [6.45, 7) is 5.49. The Morgan fingerprint density at radius 3 is 2.56 bits per heavy atom. The van der Waals surface area contributed by atoms with Gasteiger partial charge in [0.05, 0.1) is 31.6 Å². The third-order valence-electron chi connectivity index (χ3n) is 5.43. The zero-order chi connectivity index (χ0) is 18.2. The van der Waals surface area contributed by atoms with Crippen LogP contribution >= 0.6 is 0 Å². The van der Waals surface area contributed by atoms with Gasteiger partial charge in [0.15, 0.2) is 0 Å². The van der Waals surface area contributed by atoms with E-state index in [1.165, 1.54) is 0 Å². The van der Waals surface area contributed by atoms with E-state index >= 15 is 0 Å². The van der Waals surface area contributed by atoms with Gasteiger partial charge < -0.3 is 25.0 Å². The first-order valence-corrected chi connectivity index (χ1v) is 9.45. The number of nitrogens with two attached hydrogens (primary N) is 1. The highest BCUT2D eigenvalue weighted by Crippen LogP contribution is 2.37. The van der Waals surface area contributed by atoms with E-state index in [4.69, 9.17) is 25.2 Å². The Balaban J connectivity index is 1.60. The molecule has 142 valence electrons. The van der Waals surface area contributed by atoms with Crippen molar-refractivity contribution in [1.29, 1.82) is 0 Å². The molecule has 2 N–H and O–H groups in total. The van der Waals surface area contributed by atoms with Crippen LogP contribution in [0.1, 0.15) is 12.0 Å². The number of ether oxygens (including phenoxy) is 2. The van der Waals surface area contributed by atoms with Gasteiger partial charge in [-0.2, -0.15) is 4.98 Å². The van der Waals surface area contributed by atoms with Crippen molar-refractivity contribution in [3.05, 3.63) is 18.0 Å². The molecule has 0 amide bonds. The summed E-state index contributed by atoms with van der Waals surface area (Å²) >= 11 is 0. The van der Waals surface area contributed by atoms with E-state index in [0.29, 0.717) is 19.3 Å². The molecule has 9 nitrogen and oxygen atoms in total. The van der Waals surface area contributed by atoms with Gasteiger partial charge in [0.25, 0.3) is 0 Å². The average molecular weight is 369 g/mol. The summed E-state index contributed by atoms with van der Waals surface area (Å²) in [5.74, 6) is 2.03. The van der Waals surface area contributed by atoms with E-state index < -0.39 is 0 Å². The number of nitrogens with zero attached hydrogens (tertiary/aromatic N) is 6. The van der Waals surface area contributed by atoms with Crippen LogP contribution in [-0.2, 0) is 15.9 Å². The highest BCUT2D eigenvalue weighted by atomic mass is 16.5. The van der Waals surface area contributed by atoms with Crippen molar-refractivity contribution in [3.63, 3.8) is 0 Å². The van der Waals surface area contributed by atoms with Crippen molar-refractivity contribution in [1.82, 2.24) is 19.9 Å². The molecular weight excluding hydrogens is 346 g/mol. The van der Waals surface area contributed by atoms with Crippen LogP contribution in [0.4, 0.5) is 17.7 Å². The van der Waals surface area contributed by atoms with Gasteiger partial charge in [-0.1, -0.05) is 0 Å². The number of hydrogen-bond donors (Lipinski definition) is 1. The minimum Gasteiger partial charge on any atom is -0.379 e. The van der Waals surface area contributed by atoms with Gasteiger partial charge in [0, 0.05) is 49.8 Å². The maximum Gasteiger partial charge on any atom is 0.228 e. The Morgan fingerprint density at radius 1 is 1.00 bits per heavy atom. The zero-order valence-electron chi connectivity index (χ0n) is 15.2. The molecule has 0 bridgehead atoms. The van der Waals surface area contributed by atoms with Crippen molar-refractivity contribution in [2.75, 3.05) is 61.6 Å². The first kappa shape index (κ1) is 16.6. The van der Waals surface area contributed by atoms with Crippen LogP contribution in [0.25, 0.3) is 11.3 Å². The number of anilines is 3. The van der Waals surface area contributed by atoms with Crippen molar-refractivity contribution < 1.29 is 9.47 Å². The molecule has 0 radical (unpaired) electrons. The fraction of sp³-hybridized carbons (Fsp3) is 0.556. The van der Waals surface area contributed by atoms with Crippen LogP contribution in [0.2, 0.25) is 0 Å². The molecule has 3 aliphatic rings. The lowest BCUT2D eigenvalue weighted by atomic mass is 10.1. The van der Waals surface area contributed by atoms with E-state index in [1.54, 1.807) is 12.4 Å². The van der Waals surface area contributed by atoms with Gasteiger partial charge >= 0.3 is 0 Å². The third-order valence-corrected chi connectivity index (χ3v) is 5.43. The molecule has 3 aliphatic heterocycles. The van der Waals surface area contributed by atoms with Crippen LogP contribution in [0.3, 0.4) is 0 Å². The Morgan fingerprint density at radius 2 is 1.81 bits per heavy atom. The van der Waals surface area contributed by atoms with Crippen molar-refractivity contribution in [2.24, 2.45) is 0 Å². The summed E-state index contributed by atoms with van der Waals surface area (Å²) in [4.78, 5) is 22.8. The number of morpholine rings is 1. The van der Waals surface area contributed by atoms with Gasteiger partial charge in [-0.25, -0.2) is 15.0 Å². The van der Waals surface area contributed by atoms with Crippen LogP contribution in [0.5, 0.6) is 0 Å². The second-order valence-corrected chi connectivity index (χ2v) is 7.06. The first-order valence-electron chi connectivity index (χ1n) is 9.45. The predicted molar refractivity (Wildman–Crippen MR) is 101 cm³/mol. The molecule has 0 aliphatic carbocycles. The fourth-order valence-corrected chi connectivity index (χ4v) is 3.99. The molecular formula is C18H23N7O2. The summed E-state index contributed by atoms with van der Waals surface area (Å²) in [6, 6.07) is 0.384. The van der Waals surface area contributed by atoms with E-state index in [0.717, 1.165) is 74.3 Å². The summed E-state index contributed by atoms with van der Waals surface area (Å²) in [6.07, 6.45) is 5.44. The molecule has 5 rings (SSSR count). The standard InChI is InChI=1S/C18H23N7O2/c19-17-20-9-12(10-21-17)15-14-1-3-25(13-2-6-27-11-13)16(14)23-18(22-15)24-4-7-26-8-5-24/h9-10,13H,1-8,11H2,(H2,19,20,21). The molecule has 27 heavy (non-hydrogen) atoms. The number of aromatic nitrogens is 4. The molecule has 1 unspecified atom stereocenters. The number of hydrogen-bond acceptors (Lipinski definition) is 9. The van der Waals surface area contributed by atoms with Crippen molar-refractivity contribution in [3.8, 4) is 11.3 Å². The molecule has 2 saturated heterocycles. The monoisotopic (exact) mass is 369 g/mol. The molecule has 2 fully saturated rings. The van der Waals surface area contributed by atoms with Crippen LogP contribution in [0, 0.1) is 0 Å². The number of nitrogen functional groups attached to an aromatic ring is 1. The largest absolute Gasteiger partial charge is 0.379 e. The minimum atomic E-state index is 0.266. The quantitative estimate of drug-likeness (QED) is 0.828. The highest BCUT2D eigenvalue weighted by molar-refractivity contribution is 5.72. The minimum absolute atomic E-state index is 0.266. The molecule has 0 spiro atoms. The lowest BCUT2D eigenvalue weighted by Gasteiger charge is -2.29. The number of rotatable bonds is 3. The maximum absolute atomic E-state index is 5.67. The molecule has 5 heterocycles. The van der Waals surface area contributed by atoms with Crippen molar-refractivity contribution in [2.45, 2.75) is 18.9 Å². The number of fused-ring (bicyclic) bond motifs is 1. The van der Waals surface area contributed by atoms with Gasteiger partial charge in [-0.3, -0.25) is 0 Å². The lowest BCUT2D eigenvalue weighted by molar-refractivity contribution is 0.122. The molecule has 2 aromatic rings. The Labute approximate surface area is 157 Å². The second-order valence-electron chi connectivity index (χ2n) is 7.06. The van der Waals surface area contributed by atoms with Gasteiger partial charge in [-0.15, -0.1) is 0 Å². The van der Waals surface area contributed by atoms with Gasteiger partial charge in [0.1, 0.15) is 5.82 Å². The molecule has 1 atom stereocenters. The highest BCUT2D eigenvalue weighted by Gasteiger charge is 2.33. The SMILES string of the molecule is Nc1ncc(-c2nc(N3CCOCC3)nc3c2CCN3C2CCOC2)cn1. The molecule has 0 aromatic carbocycles. The predicted octanol–water partition coefficient (Wildman–Crippen LogP) is 0.504. The smallest absolute Gasteiger partial charge is 0.228 e. The lowest BCUT2D eigenvalue weighted by Crippen LogP contribution is -2.38. The third kappa shape index (κ3) is 3.06. The van der Waals surface area contributed by atoms with Crippen molar-refractivity contribution >= 4 is 17.7 Å². The van der Waals surface area contributed by atoms with Crippen LogP contribution in [0.15, 0.2) is 12.4 Å². The summed E-state index contributed by atoms with van der Waals surface area (Å²) < 4.78 is 11.1. The Kier molecular flexibility index (Phi) is 4.25. The molecule has 9 heteroatoms. The first-order chi connectivity index (χ1) is 13.3. The van der Waals surface area contributed by atoms with E-state index in [9.17, 15) is 0 Å². The van der Waals surface area contributed by atoms with Gasteiger partial charge in [-0.05, 0) is 12.8 Å². The second kappa shape index (κ2) is 6.90. The summed E-state index contributed by atoms with van der Waals surface area (Å²) in [5, 5.41) is 0. The summed E-state index contributed by atoms with van der Waals surface area (Å²) in [7, 11) is 0. The molecule has 0 saturated carbocycles. The average Bonchev–Trinajstić information content (AvgIpc) is 3.38. The Hall–Kier alpha value is -2.52. The van der Waals surface area contributed by atoms with Crippen LogP contribution < -0.4 is 15.5 Å². The van der Waals surface area contributed by atoms with E-state index in [1.807, 2.05) is 0 Å². The topological polar surface area (TPSA) is 103 Å². The van der Waals surface area contributed by atoms with Crippen LogP contribution in [-0.4, -0.2) is 72.0 Å². The Bertz CT molecular complexity index is 817. The van der Waals surface area contributed by atoms with E-state index in [-0.39, 0.29) is 5.95 Å². The maximum atomic E-state index is 5.67. The van der Waals surface area contributed by atoms with E-state index in [2.05, 4.69) is 19.8 Å². The molecule has 2 aromatic heterocycles. The van der Waals surface area contributed by atoms with Gasteiger partial charge in [0.2, 0.25) is 11.9 Å². The fourth-order valence-electron chi connectivity index (χ4n) is 3.99.